The minimum atomic E-state index is 0.00463. The summed E-state index contributed by atoms with van der Waals surface area (Å²) in [4.78, 5) is 27.9. The van der Waals surface area contributed by atoms with E-state index in [1.807, 2.05) is 4.90 Å². The lowest BCUT2D eigenvalue weighted by molar-refractivity contribution is -0.118. The van der Waals surface area contributed by atoms with E-state index in [1.54, 1.807) is 19.3 Å². The van der Waals surface area contributed by atoms with Gasteiger partial charge in [0.25, 0.3) is 5.91 Å². The summed E-state index contributed by atoms with van der Waals surface area (Å²) in [6.07, 6.45) is 3.82. The third-order valence-electron chi connectivity index (χ3n) is 3.50. The average Bonchev–Trinajstić information content (AvgIpc) is 3.15. The molecule has 7 nitrogen and oxygen atoms in total. The second-order valence-electron chi connectivity index (χ2n) is 6.88. The Hall–Kier alpha value is -2.31. The standard InChI is InChI=1S/C12H15N3O2.C4H10.C3H7NO/c16-12(15-4-1-2-5-15)9-7-10-11(14-8-9)13-3-6-17-10;1-4(2)3;1-3(5)4-2/h7-8H,1-6H2,(H,13,14);4H,1-3H3;1-2H3,(H,4,5). The van der Waals surface area contributed by atoms with Gasteiger partial charge in [-0.2, -0.15) is 0 Å². The Kier molecular flexibility index (Phi) is 9.47. The SMILES string of the molecule is CC(C)C.CNC(C)=O.O=C(c1cnc2c(c1)OCCN2)N1CCCC1. The van der Waals surface area contributed by atoms with Gasteiger partial charge < -0.3 is 20.3 Å². The number of ether oxygens (including phenoxy) is 1. The summed E-state index contributed by atoms with van der Waals surface area (Å²) in [5.41, 5.74) is 0.620. The normalized spacial score (nSPS) is 14.6. The highest BCUT2D eigenvalue weighted by Crippen LogP contribution is 2.26. The van der Waals surface area contributed by atoms with Gasteiger partial charge in [-0.3, -0.25) is 9.59 Å². The molecule has 1 aromatic heterocycles. The third kappa shape index (κ3) is 7.72. The molecule has 1 saturated heterocycles. The number of nitrogens with one attached hydrogen (secondary N) is 2. The lowest BCUT2D eigenvalue weighted by atomic mass is 10.2. The van der Waals surface area contributed by atoms with Crippen LogP contribution in [-0.4, -0.2) is 55.0 Å². The molecule has 1 fully saturated rings. The maximum Gasteiger partial charge on any atom is 0.255 e. The number of carbonyl (C=O) groups excluding carboxylic acids is 2. The summed E-state index contributed by atoms with van der Waals surface area (Å²) in [6, 6.07) is 1.79. The van der Waals surface area contributed by atoms with Crippen molar-refractivity contribution >= 4 is 17.6 Å². The molecule has 0 unspecified atom stereocenters. The Balaban J connectivity index is 0.000000317. The van der Waals surface area contributed by atoms with Gasteiger partial charge in [-0.05, 0) is 24.8 Å². The lowest BCUT2D eigenvalue weighted by Crippen LogP contribution is -2.28. The maximum absolute atomic E-state index is 12.1. The van der Waals surface area contributed by atoms with Gasteiger partial charge in [-0.15, -0.1) is 0 Å². The number of aromatic nitrogens is 1. The smallest absolute Gasteiger partial charge is 0.255 e. The van der Waals surface area contributed by atoms with E-state index in [9.17, 15) is 9.59 Å². The summed E-state index contributed by atoms with van der Waals surface area (Å²) in [6.45, 7) is 11.1. The quantitative estimate of drug-likeness (QED) is 0.800. The number of rotatable bonds is 1. The number of anilines is 1. The van der Waals surface area contributed by atoms with Crippen LogP contribution in [0.2, 0.25) is 0 Å². The zero-order chi connectivity index (χ0) is 19.5. The van der Waals surface area contributed by atoms with Crippen LogP contribution in [0.15, 0.2) is 12.3 Å². The van der Waals surface area contributed by atoms with Gasteiger partial charge in [0, 0.05) is 33.3 Å². The molecular weight excluding hydrogens is 332 g/mol. The average molecular weight is 364 g/mol. The number of pyridine rings is 1. The molecular formula is C19H32N4O3. The number of likely N-dealkylation sites (tertiary alicyclic amines) is 1. The van der Waals surface area contributed by atoms with E-state index in [1.165, 1.54) is 6.92 Å². The summed E-state index contributed by atoms with van der Waals surface area (Å²) < 4.78 is 5.48. The number of amides is 2. The monoisotopic (exact) mass is 364 g/mol. The van der Waals surface area contributed by atoms with Gasteiger partial charge in [-0.1, -0.05) is 20.8 Å². The van der Waals surface area contributed by atoms with Gasteiger partial charge in [-0.25, -0.2) is 4.98 Å². The molecule has 3 rings (SSSR count). The van der Waals surface area contributed by atoms with Crippen LogP contribution in [0.5, 0.6) is 5.75 Å². The molecule has 0 atom stereocenters. The highest BCUT2D eigenvalue weighted by atomic mass is 16.5. The molecule has 0 spiro atoms. The predicted molar refractivity (Wildman–Crippen MR) is 104 cm³/mol. The van der Waals surface area contributed by atoms with Gasteiger partial charge in [0.05, 0.1) is 12.1 Å². The maximum atomic E-state index is 12.1. The Bertz CT molecular complexity index is 581. The van der Waals surface area contributed by atoms with Crippen LogP contribution in [-0.2, 0) is 4.79 Å². The number of fused-ring (bicyclic) bond motifs is 1. The van der Waals surface area contributed by atoms with Crippen LogP contribution in [0.25, 0.3) is 0 Å². The van der Waals surface area contributed by atoms with E-state index >= 15 is 0 Å². The Labute approximate surface area is 156 Å². The lowest BCUT2D eigenvalue weighted by Gasteiger charge is -2.20. The molecule has 2 aliphatic heterocycles. The molecule has 0 aliphatic carbocycles. The van der Waals surface area contributed by atoms with Crippen LogP contribution in [0.4, 0.5) is 5.82 Å². The molecule has 3 heterocycles. The molecule has 0 radical (unpaired) electrons. The first-order valence-electron chi connectivity index (χ1n) is 9.19. The highest BCUT2D eigenvalue weighted by Gasteiger charge is 2.21. The van der Waals surface area contributed by atoms with Crippen molar-refractivity contribution in [2.24, 2.45) is 5.92 Å². The van der Waals surface area contributed by atoms with Crippen molar-refractivity contribution in [3.63, 3.8) is 0 Å². The summed E-state index contributed by atoms with van der Waals surface area (Å²) in [5.74, 6) is 2.31. The Morgan fingerprint density at radius 3 is 2.38 bits per heavy atom. The topological polar surface area (TPSA) is 83.6 Å². The van der Waals surface area contributed by atoms with Crippen LogP contribution in [0.3, 0.4) is 0 Å². The van der Waals surface area contributed by atoms with Crippen molar-refractivity contribution in [3.05, 3.63) is 17.8 Å². The summed E-state index contributed by atoms with van der Waals surface area (Å²) >= 11 is 0. The fraction of sp³-hybridized carbons (Fsp3) is 0.632. The van der Waals surface area contributed by atoms with Crippen LogP contribution >= 0.6 is 0 Å². The summed E-state index contributed by atoms with van der Waals surface area (Å²) in [5, 5.41) is 5.53. The minimum Gasteiger partial charge on any atom is -0.488 e. The molecule has 0 aromatic carbocycles. The first-order valence-corrected chi connectivity index (χ1v) is 9.19. The fourth-order valence-electron chi connectivity index (χ4n) is 2.24. The minimum absolute atomic E-state index is 0.00463. The fourth-order valence-corrected chi connectivity index (χ4v) is 2.24. The number of hydrogen-bond donors (Lipinski definition) is 2. The van der Waals surface area contributed by atoms with E-state index in [2.05, 4.69) is 36.4 Å². The van der Waals surface area contributed by atoms with E-state index in [0.717, 1.165) is 44.2 Å². The Morgan fingerprint density at radius 1 is 1.27 bits per heavy atom. The number of hydrogen-bond acceptors (Lipinski definition) is 5. The van der Waals surface area contributed by atoms with Crippen molar-refractivity contribution in [1.82, 2.24) is 15.2 Å². The molecule has 146 valence electrons. The van der Waals surface area contributed by atoms with Crippen molar-refractivity contribution < 1.29 is 14.3 Å². The van der Waals surface area contributed by atoms with Gasteiger partial charge in [0.15, 0.2) is 11.6 Å². The van der Waals surface area contributed by atoms with E-state index in [0.29, 0.717) is 17.9 Å². The van der Waals surface area contributed by atoms with Gasteiger partial charge in [0.1, 0.15) is 6.61 Å². The van der Waals surface area contributed by atoms with Crippen molar-refractivity contribution in [1.29, 1.82) is 0 Å². The van der Waals surface area contributed by atoms with Gasteiger partial charge in [0.2, 0.25) is 5.91 Å². The third-order valence-corrected chi connectivity index (χ3v) is 3.50. The van der Waals surface area contributed by atoms with Crippen LogP contribution in [0.1, 0.15) is 50.9 Å². The van der Waals surface area contributed by atoms with Crippen molar-refractivity contribution in [2.75, 3.05) is 38.6 Å². The van der Waals surface area contributed by atoms with Crippen molar-refractivity contribution in [3.8, 4) is 5.75 Å². The first-order chi connectivity index (χ1) is 12.3. The van der Waals surface area contributed by atoms with E-state index in [-0.39, 0.29) is 11.8 Å². The zero-order valence-electron chi connectivity index (χ0n) is 16.6. The Morgan fingerprint density at radius 2 is 1.85 bits per heavy atom. The molecule has 1 aromatic rings. The zero-order valence-corrected chi connectivity index (χ0v) is 16.6. The molecule has 7 heteroatoms. The molecule has 0 bridgehead atoms. The van der Waals surface area contributed by atoms with Gasteiger partial charge >= 0.3 is 0 Å². The molecule has 2 N–H and O–H groups in total. The first kappa shape index (κ1) is 21.7. The molecule has 26 heavy (non-hydrogen) atoms. The highest BCUT2D eigenvalue weighted by molar-refractivity contribution is 5.94. The predicted octanol–water partition coefficient (Wildman–Crippen LogP) is 2.54. The van der Waals surface area contributed by atoms with E-state index < -0.39 is 0 Å². The number of nitrogens with zero attached hydrogens (tertiary/aromatic N) is 2. The molecule has 0 saturated carbocycles. The van der Waals surface area contributed by atoms with Crippen LogP contribution < -0.4 is 15.4 Å². The van der Waals surface area contributed by atoms with Crippen LogP contribution in [0, 0.1) is 5.92 Å². The molecule has 2 amide bonds. The second kappa shape index (κ2) is 11.3. The van der Waals surface area contributed by atoms with Crippen molar-refractivity contribution in [2.45, 2.75) is 40.5 Å². The number of carbonyl (C=O) groups is 2. The second-order valence-corrected chi connectivity index (χ2v) is 6.88. The molecule has 2 aliphatic rings. The summed E-state index contributed by atoms with van der Waals surface area (Å²) in [7, 11) is 1.60. The van der Waals surface area contributed by atoms with E-state index in [4.69, 9.17) is 4.74 Å². The largest absolute Gasteiger partial charge is 0.488 e.